The molecule has 1 aromatic carbocycles. The molecule has 2 unspecified atom stereocenters. The summed E-state index contributed by atoms with van der Waals surface area (Å²) in [6, 6.07) is 9.60. The van der Waals surface area contributed by atoms with E-state index in [1.54, 1.807) is 6.92 Å². The standard InChI is InChI=1S/C8H11NO.C3H6O3.Hg/c1-7(10)9-8-5-3-2-4-6-8;1-2(4)3(5)6;/h2-7,9-10H,1H3;2,4H,1H3,(H,5,6);. The molecule has 0 spiro atoms. The van der Waals surface area contributed by atoms with Gasteiger partial charge in [0.1, 0.15) is 12.3 Å². The van der Waals surface area contributed by atoms with Crippen molar-refractivity contribution in [3.05, 3.63) is 30.3 Å². The average Bonchev–Trinajstić information content (AvgIpc) is 2.19. The van der Waals surface area contributed by atoms with E-state index in [4.69, 9.17) is 15.3 Å². The maximum Gasteiger partial charge on any atom is 0.332 e. The van der Waals surface area contributed by atoms with Gasteiger partial charge in [-0.05, 0) is 26.0 Å². The second-order valence-electron chi connectivity index (χ2n) is 3.20. The van der Waals surface area contributed by atoms with Crippen molar-refractivity contribution >= 4 is 11.7 Å². The molecule has 0 bridgehead atoms. The molecule has 0 aromatic heterocycles. The van der Waals surface area contributed by atoms with Crippen molar-refractivity contribution in [2.24, 2.45) is 0 Å². The number of carboxylic acid groups (broad SMARTS) is 1. The van der Waals surface area contributed by atoms with Crippen molar-refractivity contribution in [3.63, 3.8) is 0 Å². The normalized spacial score (nSPS) is 12.2. The Kier molecular flexibility index (Phi) is 11.5. The van der Waals surface area contributed by atoms with E-state index < -0.39 is 18.3 Å². The van der Waals surface area contributed by atoms with E-state index in [0.29, 0.717) is 0 Å². The zero-order chi connectivity index (χ0) is 12.6. The van der Waals surface area contributed by atoms with Crippen LogP contribution in [0.5, 0.6) is 0 Å². The molecule has 0 aliphatic rings. The van der Waals surface area contributed by atoms with Gasteiger partial charge in [-0.3, -0.25) is 0 Å². The van der Waals surface area contributed by atoms with Gasteiger partial charge in [-0.2, -0.15) is 0 Å². The zero-order valence-electron chi connectivity index (χ0n) is 10.00. The van der Waals surface area contributed by atoms with Crippen LogP contribution < -0.4 is 5.32 Å². The van der Waals surface area contributed by atoms with E-state index >= 15 is 0 Å². The smallest absolute Gasteiger partial charge is 0.332 e. The summed E-state index contributed by atoms with van der Waals surface area (Å²) in [6.07, 6.45) is -1.72. The molecule has 0 heterocycles. The van der Waals surface area contributed by atoms with Gasteiger partial charge in [0.25, 0.3) is 0 Å². The van der Waals surface area contributed by atoms with E-state index in [0.717, 1.165) is 5.69 Å². The summed E-state index contributed by atoms with van der Waals surface area (Å²) < 4.78 is 0. The van der Waals surface area contributed by atoms with Gasteiger partial charge in [-0.15, -0.1) is 0 Å². The Hall–Kier alpha value is -0.655. The Morgan fingerprint density at radius 1 is 1.18 bits per heavy atom. The van der Waals surface area contributed by atoms with Crippen LogP contribution in [0.1, 0.15) is 13.8 Å². The summed E-state index contributed by atoms with van der Waals surface area (Å²) in [7, 11) is 0. The summed E-state index contributed by atoms with van der Waals surface area (Å²) in [6.45, 7) is 2.88. The van der Waals surface area contributed by atoms with Crippen molar-refractivity contribution in [2.75, 3.05) is 5.32 Å². The fourth-order valence-corrected chi connectivity index (χ4v) is 0.776. The second-order valence-corrected chi connectivity index (χ2v) is 3.20. The van der Waals surface area contributed by atoms with Gasteiger partial charge in [0.2, 0.25) is 0 Å². The summed E-state index contributed by atoms with van der Waals surface area (Å²) >= 11 is 0. The molecule has 17 heavy (non-hydrogen) atoms. The third-order valence-electron chi connectivity index (χ3n) is 1.51. The van der Waals surface area contributed by atoms with E-state index in [1.807, 2.05) is 30.3 Å². The van der Waals surface area contributed by atoms with Gasteiger partial charge < -0.3 is 20.6 Å². The predicted molar refractivity (Wildman–Crippen MR) is 61.1 cm³/mol. The Bertz CT molecular complexity index is 304. The summed E-state index contributed by atoms with van der Waals surface area (Å²) in [5.41, 5.74) is 0.942. The summed E-state index contributed by atoms with van der Waals surface area (Å²) in [5, 5.41) is 27.5. The number of rotatable bonds is 3. The van der Waals surface area contributed by atoms with Gasteiger partial charge in [0.15, 0.2) is 0 Å². The number of carboxylic acids is 1. The minimum atomic E-state index is -1.23. The zero-order valence-corrected chi connectivity index (χ0v) is 15.5. The van der Waals surface area contributed by atoms with E-state index in [2.05, 4.69) is 5.32 Å². The van der Waals surface area contributed by atoms with E-state index in [9.17, 15) is 4.79 Å². The first-order valence-corrected chi connectivity index (χ1v) is 4.84. The molecule has 0 aliphatic carbocycles. The van der Waals surface area contributed by atoms with Crippen LogP contribution in [0.25, 0.3) is 0 Å². The average molecular weight is 428 g/mol. The van der Waals surface area contributed by atoms with Crippen LogP contribution in [-0.2, 0) is 32.5 Å². The molecular weight excluding hydrogens is 411 g/mol. The molecule has 0 amide bonds. The molecule has 0 saturated heterocycles. The van der Waals surface area contributed by atoms with E-state index in [-0.39, 0.29) is 27.7 Å². The predicted octanol–water partition coefficient (Wildman–Crippen LogP) is 0.886. The monoisotopic (exact) mass is 429 g/mol. The number of aliphatic hydroxyl groups is 2. The van der Waals surface area contributed by atoms with Crippen molar-refractivity contribution in [3.8, 4) is 0 Å². The topological polar surface area (TPSA) is 89.8 Å². The number of nitrogens with one attached hydrogen (secondary N) is 1. The maximum absolute atomic E-state index is 9.45. The molecule has 4 N–H and O–H groups in total. The van der Waals surface area contributed by atoms with Crippen molar-refractivity contribution < 1.29 is 47.8 Å². The molecule has 2 atom stereocenters. The quantitative estimate of drug-likeness (QED) is 0.425. The largest absolute Gasteiger partial charge is 0.479 e. The van der Waals surface area contributed by atoms with Crippen LogP contribution in [0.15, 0.2) is 30.3 Å². The van der Waals surface area contributed by atoms with Crippen LogP contribution in [0.4, 0.5) is 5.69 Å². The van der Waals surface area contributed by atoms with Gasteiger partial charge in [0, 0.05) is 33.4 Å². The molecule has 0 radical (unpaired) electrons. The number of para-hydroxylation sites is 1. The Morgan fingerprint density at radius 3 is 1.88 bits per heavy atom. The van der Waals surface area contributed by atoms with Crippen molar-refractivity contribution in [1.29, 1.82) is 0 Å². The van der Waals surface area contributed by atoms with Crippen molar-refractivity contribution in [1.82, 2.24) is 0 Å². The first-order chi connectivity index (χ1) is 7.43. The van der Waals surface area contributed by atoms with Crippen LogP contribution in [-0.4, -0.2) is 33.6 Å². The van der Waals surface area contributed by atoms with Crippen molar-refractivity contribution in [2.45, 2.75) is 26.2 Å². The first kappa shape index (κ1) is 18.7. The van der Waals surface area contributed by atoms with Gasteiger partial charge in [-0.25, -0.2) is 4.79 Å². The van der Waals surface area contributed by atoms with Gasteiger partial charge >= 0.3 is 5.97 Å². The third-order valence-corrected chi connectivity index (χ3v) is 1.51. The molecule has 5 nitrogen and oxygen atoms in total. The molecule has 0 fully saturated rings. The molecule has 0 saturated carbocycles. The fourth-order valence-electron chi connectivity index (χ4n) is 0.776. The van der Waals surface area contributed by atoms with Gasteiger partial charge in [-0.1, -0.05) is 18.2 Å². The van der Waals surface area contributed by atoms with Crippen LogP contribution >= 0.6 is 0 Å². The second kappa shape index (κ2) is 10.5. The van der Waals surface area contributed by atoms with Crippen LogP contribution in [0, 0.1) is 0 Å². The number of hydrogen-bond donors (Lipinski definition) is 4. The van der Waals surface area contributed by atoms with E-state index in [1.165, 1.54) is 6.92 Å². The summed E-state index contributed by atoms with van der Waals surface area (Å²) in [5.74, 6) is -1.19. The van der Waals surface area contributed by atoms with Gasteiger partial charge in [0.05, 0.1) is 0 Å². The summed E-state index contributed by atoms with van der Waals surface area (Å²) in [4.78, 5) is 9.45. The fraction of sp³-hybridized carbons (Fsp3) is 0.364. The Balaban J connectivity index is 0. The Morgan fingerprint density at radius 2 is 1.59 bits per heavy atom. The molecular formula is C11H17HgNO4. The molecule has 1 rings (SSSR count). The minimum absolute atomic E-state index is 0. The number of aliphatic carboxylic acids is 1. The number of hydrogen-bond acceptors (Lipinski definition) is 4. The first-order valence-electron chi connectivity index (χ1n) is 4.84. The minimum Gasteiger partial charge on any atom is -0.479 e. The number of carbonyl (C=O) groups is 1. The Labute approximate surface area is 121 Å². The SMILES string of the molecule is CC(O)C(=O)O.CC(O)Nc1ccccc1.[Hg]. The molecule has 1 aromatic rings. The number of benzene rings is 1. The maximum atomic E-state index is 9.45. The van der Waals surface area contributed by atoms with Crippen LogP contribution in [0.2, 0.25) is 0 Å². The van der Waals surface area contributed by atoms with Crippen LogP contribution in [0.3, 0.4) is 0 Å². The molecule has 0 aliphatic heterocycles. The third kappa shape index (κ3) is 11.6. The number of aliphatic hydroxyl groups excluding tert-OH is 2. The molecule has 6 heteroatoms. The molecule has 92 valence electrons. The number of anilines is 1.